The van der Waals surface area contributed by atoms with Gasteiger partial charge in [0.15, 0.2) is 5.78 Å². The molecule has 5 fully saturated rings. The number of carbonyl (C=O) groups excluding carboxylic acids is 1. The summed E-state index contributed by atoms with van der Waals surface area (Å²) in [6.45, 7) is 0. The molecule has 8 rings (SSSR count). The number of fused-ring (bicyclic) bond motifs is 11. The average Bonchev–Trinajstić information content (AvgIpc) is 3.32. The molecule has 0 N–H and O–H groups in total. The Bertz CT molecular complexity index is 1260. The fourth-order valence-electron chi connectivity index (χ4n) is 12.5. The summed E-state index contributed by atoms with van der Waals surface area (Å²) < 4.78 is 0. The van der Waals surface area contributed by atoms with Gasteiger partial charge < -0.3 is 0 Å². The van der Waals surface area contributed by atoms with Gasteiger partial charge in [-0.25, -0.2) is 0 Å². The molecule has 220 valence electrons. The van der Waals surface area contributed by atoms with E-state index in [0.29, 0.717) is 11.7 Å². The topological polar surface area (TPSA) is 17.1 Å². The molecule has 9 atom stereocenters. The fraction of sp³-hybridized carbons (Fsp3) is 0.725. The van der Waals surface area contributed by atoms with Crippen LogP contribution in [0.5, 0.6) is 0 Å². The van der Waals surface area contributed by atoms with E-state index in [4.69, 9.17) is 0 Å². The number of hydrogen-bond donors (Lipinski definition) is 0. The molecule has 9 unspecified atom stereocenters. The second kappa shape index (κ2) is 11.1. The van der Waals surface area contributed by atoms with Gasteiger partial charge in [-0.3, -0.25) is 4.79 Å². The van der Waals surface area contributed by atoms with Gasteiger partial charge in [0, 0.05) is 16.9 Å². The smallest absolute Gasteiger partial charge is 0.167 e. The molecule has 0 heterocycles. The summed E-state index contributed by atoms with van der Waals surface area (Å²) in [6, 6.07) is 13.7. The Morgan fingerprint density at radius 3 is 2.12 bits per heavy atom. The van der Waals surface area contributed by atoms with Gasteiger partial charge in [0.25, 0.3) is 0 Å². The number of benzene rings is 2. The molecular weight excluding hydrogens is 496 g/mol. The number of Topliss-reactive ketones (excluding diaryl/α,β-unsaturated/α-hetero) is 1. The summed E-state index contributed by atoms with van der Waals surface area (Å²) in [7, 11) is 0. The molecule has 0 amide bonds. The van der Waals surface area contributed by atoms with Crippen LogP contribution in [0.25, 0.3) is 10.8 Å². The summed E-state index contributed by atoms with van der Waals surface area (Å²) in [6.07, 6.45) is 28.6. The molecule has 5 saturated carbocycles. The maximum Gasteiger partial charge on any atom is 0.167 e. The first-order valence-electron chi connectivity index (χ1n) is 18.3. The van der Waals surface area contributed by atoms with Crippen molar-refractivity contribution < 1.29 is 4.79 Å². The molecule has 0 saturated heterocycles. The van der Waals surface area contributed by atoms with E-state index in [1.54, 1.807) is 6.42 Å². The summed E-state index contributed by atoms with van der Waals surface area (Å²) in [5.41, 5.74) is 2.77. The van der Waals surface area contributed by atoms with Gasteiger partial charge in [-0.05, 0) is 96.3 Å². The van der Waals surface area contributed by atoms with Crippen molar-refractivity contribution in [2.45, 2.75) is 134 Å². The lowest BCUT2D eigenvalue weighted by Crippen LogP contribution is -2.52. The van der Waals surface area contributed by atoms with E-state index in [9.17, 15) is 4.79 Å². The predicted octanol–water partition coefficient (Wildman–Crippen LogP) is 11.1. The van der Waals surface area contributed by atoms with Crippen LogP contribution in [0.15, 0.2) is 36.4 Å². The second-order valence-electron chi connectivity index (χ2n) is 15.9. The van der Waals surface area contributed by atoms with E-state index in [-0.39, 0.29) is 11.3 Å². The number of hydrogen-bond acceptors (Lipinski definition) is 1. The molecular formula is C40H54O. The molecule has 1 nitrogen and oxygen atoms in total. The molecule has 0 radical (unpaired) electrons. The van der Waals surface area contributed by atoms with Crippen LogP contribution < -0.4 is 0 Å². The maximum atomic E-state index is 14.8. The minimum atomic E-state index is 0.0962. The van der Waals surface area contributed by atoms with Crippen LogP contribution in [-0.2, 0) is 5.41 Å². The van der Waals surface area contributed by atoms with Crippen molar-refractivity contribution in [2.24, 2.45) is 47.3 Å². The lowest BCUT2D eigenvalue weighted by Gasteiger charge is -2.56. The maximum absolute atomic E-state index is 14.8. The average molecular weight is 551 g/mol. The highest BCUT2D eigenvalue weighted by atomic mass is 16.1. The molecule has 0 aliphatic heterocycles. The van der Waals surface area contributed by atoms with Crippen molar-refractivity contribution in [1.82, 2.24) is 0 Å². The van der Waals surface area contributed by atoms with Gasteiger partial charge in [0.05, 0.1) is 0 Å². The molecule has 2 aromatic carbocycles. The number of rotatable bonds is 0. The summed E-state index contributed by atoms with van der Waals surface area (Å²) in [4.78, 5) is 14.8. The highest BCUT2D eigenvalue weighted by Crippen LogP contribution is 2.65. The van der Waals surface area contributed by atoms with Gasteiger partial charge in [-0.2, -0.15) is 0 Å². The van der Waals surface area contributed by atoms with Crippen molar-refractivity contribution in [3.05, 3.63) is 47.5 Å². The first-order chi connectivity index (χ1) is 20.2. The largest absolute Gasteiger partial charge is 0.294 e. The van der Waals surface area contributed by atoms with Gasteiger partial charge in [0.1, 0.15) is 0 Å². The first-order valence-corrected chi connectivity index (χ1v) is 18.3. The summed E-state index contributed by atoms with van der Waals surface area (Å²) in [5.74, 6) is 6.91. The van der Waals surface area contributed by atoms with E-state index in [0.717, 1.165) is 41.1 Å². The van der Waals surface area contributed by atoms with Crippen molar-refractivity contribution >= 4 is 16.6 Å². The third kappa shape index (κ3) is 4.49. The number of carbonyl (C=O) groups is 1. The fourth-order valence-corrected chi connectivity index (χ4v) is 12.5. The molecule has 1 spiro atoms. The van der Waals surface area contributed by atoms with Gasteiger partial charge >= 0.3 is 0 Å². The van der Waals surface area contributed by atoms with Gasteiger partial charge in [-0.1, -0.05) is 126 Å². The third-order valence-corrected chi connectivity index (χ3v) is 14.3. The van der Waals surface area contributed by atoms with Crippen LogP contribution >= 0.6 is 0 Å². The van der Waals surface area contributed by atoms with Crippen LogP contribution in [0, 0.1) is 47.3 Å². The van der Waals surface area contributed by atoms with Crippen LogP contribution in [0.3, 0.4) is 0 Å². The molecule has 41 heavy (non-hydrogen) atoms. The van der Waals surface area contributed by atoms with Crippen LogP contribution in [0.2, 0.25) is 0 Å². The van der Waals surface area contributed by atoms with Crippen LogP contribution in [0.1, 0.15) is 144 Å². The highest BCUT2D eigenvalue weighted by molar-refractivity contribution is 6.14. The first kappa shape index (κ1) is 27.0. The lowest BCUT2D eigenvalue weighted by atomic mass is 9.47. The van der Waals surface area contributed by atoms with Gasteiger partial charge in [-0.15, -0.1) is 0 Å². The van der Waals surface area contributed by atoms with E-state index in [1.807, 2.05) is 0 Å². The quantitative estimate of drug-likeness (QED) is 0.319. The van der Waals surface area contributed by atoms with Crippen molar-refractivity contribution in [3.63, 3.8) is 0 Å². The van der Waals surface area contributed by atoms with Crippen molar-refractivity contribution in [1.29, 1.82) is 0 Å². The third-order valence-electron chi connectivity index (χ3n) is 14.3. The minimum absolute atomic E-state index is 0.0962. The van der Waals surface area contributed by atoms with E-state index >= 15 is 0 Å². The van der Waals surface area contributed by atoms with Crippen molar-refractivity contribution in [3.8, 4) is 0 Å². The van der Waals surface area contributed by atoms with Crippen LogP contribution in [-0.4, -0.2) is 5.78 Å². The molecule has 1 heteroatoms. The SMILES string of the molecule is O=C1c2c(ccc3ccccc23)C23CC4C(CCCC4C4CCCCCCC(C4)C4CCCCCC2CCC4)CC13. The zero-order valence-corrected chi connectivity index (χ0v) is 25.6. The van der Waals surface area contributed by atoms with E-state index in [2.05, 4.69) is 36.4 Å². The standard InChI is InChI=1S/C40H54O/c41-39-37-25-31-17-11-21-33-30-15-5-2-1-4-14-29(24-30)27-12-6-3-7-18-32(19-10-16-27)40(37,26-35(31)33)36-23-22-28-13-8-9-20-34(28)38(36)39/h8-9,13,20,22-23,27,29-33,35,37H,1-7,10-12,14-19,21,24-26H2. The Balaban J connectivity index is 1.30. The van der Waals surface area contributed by atoms with E-state index in [1.165, 1.54) is 138 Å². The summed E-state index contributed by atoms with van der Waals surface area (Å²) >= 11 is 0. The normalized spacial score (nSPS) is 41.3. The Morgan fingerprint density at radius 2 is 1.22 bits per heavy atom. The minimum Gasteiger partial charge on any atom is -0.294 e. The van der Waals surface area contributed by atoms with E-state index < -0.39 is 0 Å². The second-order valence-corrected chi connectivity index (χ2v) is 15.9. The van der Waals surface area contributed by atoms with Crippen LogP contribution in [0.4, 0.5) is 0 Å². The zero-order chi connectivity index (χ0) is 27.4. The molecule has 6 bridgehead atoms. The molecule has 0 aromatic heterocycles. The Morgan fingerprint density at radius 1 is 0.561 bits per heavy atom. The lowest BCUT2D eigenvalue weighted by molar-refractivity contribution is -0.0298. The van der Waals surface area contributed by atoms with Crippen molar-refractivity contribution in [2.75, 3.05) is 0 Å². The summed E-state index contributed by atoms with van der Waals surface area (Å²) in [5, 5.41) is 2.52. The Kier molecular flexibility index (Phi) is 7.32. The zero-order valence-electron chi connectivity index (χ0n) is 25.6. The Hall–Kier alpha value is -1.63. The Labute approximate surface area is 249 Å². The predicted molar refractivity (Wildman–Crippen MR) is 170 cm³/mol. The monoisotopic (exact) mass is 550 g/mol. The number of ketones is 1. The highest BCUT2D eigenvalue weighted by Gasteiger charge is 2.61. The molecule has 6 aliphatic rings. The van der Waals surface area contributed by atoms with Gasteiger partial charge in [0.2, 0.25) is 0 Å². The molecule has 6 aliphatic carbocycles. The molecule has 2 aromatic rings.